The number of amides is 2. The Labute approximate surface area is 215 Å². The zero-order chi connectivity index (χ0) is 25.9. The van der Waals surface area contributed by atoms with E-state index in [0.29, 0.717) is 27.9 Å². The minimum Gasteiger partial charge on any atom is -0.494 e. The first-order valence-corrected chi connectivity index (χ1v) is 12.4. The molecule has 37 heavy (non-hydrogen) atoms. The smallest absolute Gasteiger partial charge is 0.321 e. The summed E-state index contributed by atoms with van der Waals surface area (Å²) in [7, 11) is 3.85. The monoisotopic (exact) mass is 499 g/mol. The molecule has 7 nitrogen and oxygen atoms in total. The lowest BCUT2D eigenvalue weighted by molar-refractivity contribution is 0.218. The molecule has 1 aliphatic heterocycles. The molecule has 0 spiro atoms. The number of halogens is 1. The number of hydrogen-bond acceptors (Lipinski definition) is 4. The summed E-state index contributed by atoms with van der Waals surface area (Å²) in [6, 6.07) is 21.3. The van der Waals surface area contributed by atoms with Crippen LogP contribution in [0.4, 0.5) is 20.6 Å². The van der Waals surface area contributed by atoms with Crippen molar-refractivity contribution in [1.29, 1.82) is 0 Å². The number of aliphatic imine (C=N–C) groups is 1. The molecular formula is C29H30FN5O2. The van der Waals surface area contributed by atoms with E-state index >= 15 is 0 Å². The minimum absolute atomic E-state index is 0.0786. The van der Waals surface area contributed by atoms with Gasteiger partial charge in [0.15, 0.2) is 5.88 Å². The van der Waals surface area contributed by atoms with Crippen LogP contribution in [-0.4, -0.2) is 60.0 Å². The number of H-pyrrole nitrogens is 1. The fraction of sp³-hybridized carbons (Fsp3) is 0.241. The van der Waals surface area contributed by atoms with Gasteiger partial charge in [-0.25, -0.2) is 14.2 Å². The number of likely N-dealkylation sites (tertiary alicyclic amines) is 1. The number of carbonyl (C=O) groups is 1. The number of hydrogen-bond donors (Lipinski definition) is 3. The Hall–Kier alpha value is -4.17. The second-order valence-electron chi connectivity index (χ2n) is 9.47. The molecule has 2 heterocycles. The van der Waals surface area contributed by atoms with Crippen molar-refractivity contribution in [3.63, 3.8) is 0 Å². The second-order valence-corrected chi connectivity index (χ2v) is 9.47. The highest BCUT2D eigenvalue weighted by Crippen LogP contribution is 2.32. The average molecular weight is 500 g/mol. The van der Waals surface area contributed by atoms with Gasteiger partial charge in [-0.1, -0.05) is 30.3 Å². The molecule has 0 radical (unpaired) electrons. The zero-order valence-corrected chi connectivity index (χ0v) is 20.9. The highest BCUT2D eigenvalue weighted by atomic mass is 19.1. The van der Waals surface area contributed by atoms with Crippen molar-refractivity contribution in [2.75, 3.05) is 32.1 Å². The number of aromatic nitrogens is 1. The van der Waals surface area contributed by atoms with Crippen LogP contribution in [0.25, 0.3) is 10.9 Å². The predicted octanol–water partition coefficient (Wildman–Crippen LogP) is 5.42. The van der Waals surface area contributed by atoms with Gasteiger partial charge >= 0.3 is 6.03 Å². The number of benzene rings is 3. The van der Waals surface area contributed by atoms with E-state index in [0.717, 1.165) is 37.2 Å². The van der Waals surface area contributed by atoms with E-state index in [1.54, 1.807) is 18.0 Å². The number of nitrogens with zero attached hydrogens (tertiary/aromatic N) is 3. The van der Waals surface area contributed by atoms with Gasteiger partial charge in [-0.15, -0.1) is 0 Å². The van der Waals surface area contributed by atoms with Gasteiger partial charge in [0.25, 0.3) is 0 Å². The molecule has 0 bridgehead atoms. The van der Waals surface area contributed by atoms with Crippen LogP contribution in [0.1, 0.15) is 24.0 Å². The summed E-state index contributed by atoms with van der Waals surface area (Å²) >= 11 is 0. The van der Waals surface area contributed by atoms with E-state index in [9.17, 15) is 14.3 Å². The summed E-state index contributed by atoms with van der Waals surface area (Å²) in [6.07, 6.45) is 1.89. The Morgan fingerprint density at radius 1 is 1.08 bits per heavy atom. The van der Waals surface area contributed by atoms with Gasteiger partial charge in [0.1, 0.15) is 5.82 Å². The van der Waals surface area contributed by atoms with Crippen molar-refractivity contribution in [3.8, 4) is 5.88 Å². The van der Waals surface area contributed by atoms with Crippen LogP contribution in [0.15, 0.2) is 77.8 Å². The largest absolute Gasteiger partial charge is 0.494 e. The minimum atomic E-state index is -0.391. The molecule has 1 fully saturated rings. The molecule has 190 valence electrons. The molecule has 0 atom stereocenters. The Morgan fingerprint density at radius 2 is 1.78 bits per heavy atom. The SMILES string of the molecule is CN1CCC(NC(=O)N(C)c2ccc(N=C(c3ccccc3)c3c(O)[nH]c4cc(F)ccc34)cc2)CC1. The van der Waals surface area contributed by atoms with Crippen molar-refractivity contribution in [2.24, 2.45) is 4.99 Å². The van der Waals surface area contributed by atoms with Gasteiger partial charge in [0.05, 0.1) is 22.5 Å². The molecule has 0 unspecified atom stereocenters. The van der Waals surface area contributed by atoms with E-state index in [1.807, 2.05) is 54.6 Å². The maximum atomic E-state index is 13.8. The highest BCUT2D eigenvalue weighted by molar-refractivity contribution is 6.21. The van der Waals surface area contributed by atoms with Crippen LogP contribution in [-0.2, 0) is 0 Å². The number of nitrogens with one attached hydrogen (secondary N) is 2. The third-order valence-electron chi connectivity index (χ3n) is 6.85. The zero-order valence-electron chi connectivity index (χ0n) is 20.9. The van der Waals surface area contributed by atoms with Gasteiger partial charge in [0.2, 0.25) is 0 Å². The van der Waals surface area contributed by atoms with E-state index in [-0.39, 0.29) is 18.0 Å². The standard InChI is InChI=1S/C29H30FN5O2/c1-34-16-14-22(15-17-34)32-29(37)35(2)23-11-9-21(10-12-23)31-27(19-6-4-3-5-7-19)26-24-13-8-20(30)18-25(24)33-28(26)36/h3-13,18,22,33,36H,14-17H2,1-2H3,(H,32,37). The Balaban J connectivity index is 1.43. The Kier molecular flexibility index (Phi) is 6.92. The predicted molar refractivity (Wildman–Crippen MR) is 146 cm³/mol. The Morgan fingerprint density at radius 3 is 2.49 bits per heavy atom. The molecule has 5 rings (SSSR count). The van der Waals surface area contributed by atoms with Crippen LogP contribution < -0.4 is 10.2 Å². The fourth-order valence-electron chi connectivity index (χ4n) is 4.68. The first kappa shape index (κ1) is 24.5. The fourth-order valence-corrected chi connectivity index (χ4v) is 4.68. The van der Waals surface area contributed by atoms with Crippen LogP contribution in [0.2, 0.25) is 0 Å². The number of carbonyl (C=O) groups excluding carboxylic acids is 1. The lowest BCUT2D eigenvalue weighted by atomic mass is 10.0. The van der Waals surface area contributed by atoms with E-state index < -0.39 is 5.82 Å². The molecule has 1 saturated heterocycles. The van der Waals surface area contributed by atoms with Crippen molar-refractivity contribution in [3.05, 3.63) is 89.7 Å². The van der Waals surface area contributed by atoms with Gasteiger partial charge in [-0.05, 0) is 75.4 Å². The maximum absolute atomic E-state index is 13.8. The van der Waals surface area contributed by atoms with Crippen LogP contribution in [0.5, 0.6) is 5.88 Å². The number of aromatic amines is 1. The lowest BCUT2D eigenvalue weighted by Gasteiger charge is -2.30. The van der Waals surface area contributed by atoms with E-state index in [4.69, 9.17) is 4.99 Å². The summed E-state index contributed by atoms with van der Waals surface area (Å²) < 4.78 is 13.8. The molecule has 0 saturated carbocycles. The highest BCUT2D eigenvalue weighted by Gasteiger charge is 2.21. The third-order valence-corrected chi connectivity index (χ3v) is 6.85. The Bertz CT molecular complexity index is 1420. The molecule has 4 aromatic rings. The maximum Gasteiger partial charge on any atom is 0.321 e. The normalized spacial score (nSPS) is 15.2. The molecule has 1 aromatic heterocycles. The lowest BCUT2D eigenvalue weighted by Crippen LogP contribution is -2.47. The topological polar surface area (TPSA) is 84.0 Å². The van der Waals surface area contributed by atoms with Crippen molar-refractivity contribution in [1.82, 2.24) is 15.2 Å². The van der Waals surface area contributed by atoms with Crippen molar-refractivity contribution >= 4 is 34.0 Å². The van der Waals surface area contributed by atoms with E-state index in [2.05, 4.69) is 22.2 Å². The van der Waals surface area contributed by atoms with Crippen LogP contribution >= 0.6 is 0 Å². The number of urea groups is 1. The molecule has 1 aliphatic rings. The number of aromatic hydroxyl groups is 1. The van der Waals surface area contributed by atoms with Crippen molar-refractivity contribution < 1.29 is 14.3 Å². The summed E-state index contributed by atoms with van der Waals surface area (Å²) in [6.45, 7) is 1.96. The second kappa shape index (κ2) is 10.4. The summed E-state index contributed by atoms with van der Waals surface area (Å²) in [4.78, 5) is 24.4. The van der Waals surface area contributed by atoms with Gasteiger partial charge in [0, 0.05) is 29.7 Å². The summed E-state index contributed by atoms with van der Waals surface area (Å²) in [5, 5.41) is 14.5. The quantitative estimate of drug-likeness (QED) is 0.321. The molecule has 3 N–H and O–H groups in total. The van der Waals surface area contributed by atoms with Crippen LogP contribution in [0, 0.1) is 5.82 Å². The molecule has 8 heteroatoms. The average Bonchev–Trinajstić information content (AvgIpc) is 3.23. The molecule has 3 aromatic carbocycles. The molecule has 0 aliphatic carbocycles. The number of piperidine rings is 1. The first-order valence-electron chi connectivity index (χ1n) is 12.4. The van der Waals surface area contributed by atoms with Gasteiger partial charge in [-0.3, -0.25) is 4.90 Å². The van der Waals surface area contributed by atoms with Gasteiger partial charge < -0.3 is 20.3 Å². The summed E-state index contributed by atoms with van der Waals surface area (Å²) in [5.74, 6) is -0.469. The first-order chi connectivity index (χ1) is 17.9. The molecule has 2 amide bonds. The van der Waals surface area contributed by atoms with Crippen LogP contribution in [0.3, 0.4) is 0 Å². The third kappa shape index (κ3) is 5.34. The number of fused-ring (bicyclic) bond motifs is 1. The van der Waals surface area contributed by atoms with E-state index in [1.165, 1.54) is 12.1 Å². The molecular weight excluding hydrogens is 469 g/mol. The summed E-state index contributed by atoms with van der Waals surface area (Å²) in [5.41, 5.74) is 3.75. The number of rotatable bonds is 5. The van der Waals surface area contributed by atoms with Crippen molar-refractivity contribution in [2.45, 2.75) is 18.9 Å². The van der Waals surface area contributed by atoms with Gasteiger partial charge in [-0.2, -0.15) is 0 Å². The number of anilines is 1.